The molecule has 5 heterocycles. The molecule has 0 amide bonds. The van der Waals surface area contributed by atoms with Gasteiger partial charge in [-0.3, -0.25) is 0 Å². The van der Waals surface area contributed by atoms with Crippen molar-refractivity contribution < 1.29 is 33.2 Å². The summed E-state index contributed by atoms with van der Waals surface area (Å²) in [4.78, 5) is 4.10. The molecule has 0 saturated heterocycles. The van der Waals surface area contributed by atoms with E-state index in [1.165, 1.54) is 9.13 Å². The molecule has 0 N–H and O–H groups in total. The predicted molar refractivity (Wildman–Crippen MR) is 412 cm³/mol. The molecule has 19 rings (SSSR count). The van der Waals surface area contributed by atoms with E-state index in [4.69, 9.17) is 14.0 Å². The Morgan fingerprint density at radius 1 is 0.296 bits per heavy atom. The van der Waals surface area contributed by atoms with Crippen LogP contribution in [0.4, 0.5) is 34.1 Å². The number of para-hydroxylation sites is 6. The van der Waals surface area contributed by atoms with E-state index in [0.29, 0.717) is 50.3 Å². The van der Waals surface area contributed by atoms with Crippen LogP contribution in [0, 0.1) is 0 Å². The molecule has 468 valence electrons. The van der Waals surface area contributed by atoms with Crippen molar-refractivity contribution in [1.29, 1.82) is 0 Å². The second-order valence-corrected chi connectivity index (χ2v) is 27.3. The van der Waals surface area contributed by atoms with Gasteiger partial charge in [0.1, 0.15) is 0 Å². The summed E-state index contributed by atoms with van der Waals surface area (Å²) in [6.45, 7) is 13.1. The average molecular weight is 1280 g/mol. The van der Waals surface area contributed by atoms with E-state index in [1.807, 2.05) is 83.8 Å². The molecule has 0 fully saturated rings. The van der Waals surface area contributed by atoms with Crippen LogP contribution < -0.4 is 9.80 Å². The predicted octanol–water partition coefficient (Wildman–Crippen LogP) is 25.8. The highest BCUT2D eigenvalue weighted by atomic mass is 16.3. The molecule has 5 nitrogen and oxygen atoms in total. The zero-order valence-electron chi connectivity index (χ0n) is 75.1. The highest BCUT2D eigenvalue weighted by Crippen LogP contribution is 2.63. The number of furan rings is 1. The van der Waals surface area contributed by atoms with Gasteiger partial charge in [-0.1, -0.05) is 272 Å². The maximum atomic E-state index is 10.1. The van der Waals surface area contributed by atoms with E-state index in [-0.39, 0.29) is 93.8 Å². The molecule has 0 radical (unpaired) electrons. The quantitative estimate of drug-likeness (QED) is 0.152. The Bertz CT molecular complexity index is 7150. The van der Waals surface area contributed by atoms with Crippen LogP contribution >= 0.6 is 0 Å². The summed E-state index contributed by atoms with van der Waals surface area (Å²) < 4.78 is 207. The molecule has 0 spiro atoms. The van der Waals surface area contributed by atoms with Crippen LogP contribution in [0.3, 0.4) is 0 Å². The lowest BCUT2D eigenvalue weighted by Gasteiger charge is -2.45. The summed E-state index contributed by atoms with van der Waals surface area (Å²) in [6, 6.07) is 47.0. The zero-order valence-corrected chi connectivity index (χ0v) is 54.1. The van der Waals surface area contributed by atoms with Crippen LogP contribution in [0.15, 0.2) is 313 Å². The second kappa shape index (κ2) is 21.8. The van der Waals surface area contributed by atoms with Gasteiger partial charge in [0.15, 0.2) is 11.2 Å². The maximum absolute atomic E-state index is 10.1. The van der Waals surface area contributed by atoms with Gasteiger partial charge in [0.05, 0.1) is 90.7 Å². The average Bonchev–Trinajstić information content (AvgIpc) is 1.68. The van der Waals surface area contributed by atoms with Crippen molar-refractivity contribution in [1.82, 2.24) is 9.13 Å². The Labute approximate surface area is 600 Å². The molecule has 3 aromatic heterocycles. The molecular formula is C93H70N4O. The lowest BCUT2D eigenvalue weighted by Crippen LogP contribution is -2.29. The highest BCUT2D eigenvalue weighted by molar-refractivity contribution is 6.16. The van der Waals surface area contributed by atoms with E-state index < -0.39 is 133 Å². The third kappa shape index (κ3) is 8.99. The normalized spacial score (nSPS) is 16.7. The van der Waals surface area contributed by atoms with E-state index in [9.17, 15) is 19.2 Å². The number of benzene rings is 14. The van der Waals surface area contributed by atoms with Gasteiger partial charge in [-0.25, -0.2) is 0 Å². The van der Waals surface area contributed by atoms with Crippen LogP contribution in [0.2, 0.25) is 0 Å². The van der Waals surface area contributed by atoms with Gasteiger partial charge in [0.25, 0.3) is 0 Å². The standard InChI is InChI=1S/C93H70N4O/c1-92(2,3)66-49-65(50-67(55-66)93(4,5)6)62-45-47-76-84(54-62)95(68-51-63(59-28-12-8-13-29-59)48-64(52-68)60-30-14-9-15-31-60)86-56-69(94-78-38-20-16-32-70(78)71-33-17-21-39-79(71)94)57-87-89(86)88(76)77-46-44-61(58-26-10-7-11-27-58)53-85(77)97(87)83-43-25-37-75-74-36-24-42-82(90(74)98-91(75)83)96-80-40-22-18-34-72(80)73-35-19-23-41-81(73)96/h7-57,88H,1-6H3/i7D,10D,11D,16D,17D,18D,19D,20D,21D,22D,23D,26D,27D,32D,33D,34D,35D,38D,39D,40D,41D. The summed E-state index contributed by atoms with van der Waals surface area (Å²) in [5.74, 6) is -0.824. The van der Waals surface area contributed by atoms with Crippen LogP contribution in [-0.4, -0.2) is 9.13 Å². The Kier molecular flexibility index (Phi) is 8.86. The molecule has 0 saturated carbocycles. The molecule has 1 unspecified atom stereocenters. The lowest BCUT2D eigenvalue weighted by molar-refractivity contribution is 0.569. The summed E-state index contributed by atoms with van der Waals surface area (Å²) in [5, 5.41) is 0.247. The molecule has 2 aliphatic heterocycles. The Morgan fingerprint density at radius 3 is 1.26 bits per heavy atom. The van der Waals surface area contributed by atoms with Crippen LogP contribution in [0.5, 0.6) is 0 Å². The van der Waals surface area contributed by atoms with Gasteiger partial charge in [-0.15, -0.1) is 0 Å². The summed E-state index contributed by atoms with van der Waals surface area (Å²) >= 11 is 0. The van der Waals surface area contributed by atoms with E-state index >= 15 is 0 Å². The van der Waals surface area contributed by atoms with E-state index in [1.54, 1.807) is 48.5 Å². The summed E-state index contributed by atoms with van der Waals surface area (Å²) in [6.07, 6.45) is 0. The number of aromatic nitrogens is 2. The monoisotopic (exact) mass is 1280 g/mol. The highest BCUT2D eigenvalue weighted by Gasteiger charge is 2.43. The SMILES string of the molecule is [2H]c1c([2H])c([2H])c(-c2ccc3c(c2)N(c2cccc4c2oc2c(-n5c6c([2H])c([2H])c([2H])c([2H])c6c6c([2H])c([2H])c([2H])c([2H])c65)cccc24)c2cc(-n4c5c([2H])c([2H])c([2H])c([2H])c5c5c([2H])c([2H])c([2H])c([2H])c54)cc4c2C3c2ccc(-c3cc(C(C)(C)C)cc(C(C)(C)C)c3)cc2N4c2cc(-c3ccccc3)cc(-c3ccccc3)c2)c([2H])c1[2H]. The molecule has 0 aliphatic carbocycles. The number of hydrogen-bond donors (Lipinski definition) is 0. The number of rotatable bonds is 8. The molecular weight excluding hydrogens is 1190 g/mol. The minimum atomic E-state index is -0.824. The molecule has 17 aromatic rings. The van der Waals surface area contributed by atoms with Gasteiger partial charge in [-0.05, 0) is 156 Å². The Morgan fingerprint density at radius 2 is 0.735 bits per heavy atom. The van der Waals surface area contributed by atoms with Crippen LogP contribution in [0.1, 0.15) is 104 Å². The van der Waals surface area contributed by atoms with E-state index in [2.05, 4.69) is 101 Å². The van der Waals surface area contributed by atoms with Crippen molar-refractivity contribution >= 4 is 99.7 Å². The fourth-order valence-corrected chi connectivity index (χ4v) is 14.8. The largest absolute Gasteiger partial charge is 0.452 e. The van der Waals surface area contributed by atoms with Crippen molar-refractivity contribution in [2.24, 2.45) is 0 Å². The maximum Gasteiger partial charge on any atom is 0.159 e. The Hall–Kier alpha value is -11.9. The lowest BCUT2D eigenvalue weighted by atomic mass is 9.74. The van der Waals surface area contributed by atoms with Crippen molar-refractivity contribution in [3.05, 3.63) is 337 Å². The first-order valence-electron chi connectivity index (χ1n) is 43.1. The molecule has 14 aromatic carbocycles. The number of anilines is 6. The smallest absolute Gasteiger partial charge is 0.159 e. The molecule has 5 heteroatoms. The van der Waals surface area contributed by atoms with Crippen molar-refractivity contribution in [3.63, 3.8) is 0 Å². The fourth-order valence-electron chi connectivity index (χ4n) is 14.8. The molecule has 0 bridgehead atoms. The van der Waals surface area contributed by atoms with Crippen molar-refractivity contribution in [3.8, 4) is 55.9 Å². The Balaban J connectivity index is 1.01. The van der Waals surface area contributed by atoms with Crippen LogP contribution in [-0.2, 0) is 10.8 Å². The zero-order chi connectivity index (χ0) is 84.0. The molecule has 1 atom stereocenters. The van der Waals surface area contributed by atoms with Gasteiger partial charge >= 0.3 is 0 Å². The first-order valence-corrected chi connectivity index (χ1v) is 32.6. The summed E-state index contributed by atoms with van der Waals surface area (Å²) in [5.41, 5.74) is 11.6. The molecule has 98 heavy (non-hydrogen) atoms. The van der Waals surface area contributed by atoms with E-state index in [0.717, 1.165) is 50.1 Å². The number of fused-ring (bicyclic) bond motifs is 13. The summed E-state index contributed by atoms with van der Waals surface area (Å²) in [7, 11) is 0. The van der Waals surface area contributed by atoms with Gasteiger partial charge < -0.3 is 23.4 Å². The first-order chi connectivity index (χ1) is 56.6. The third-order valence-electron chi connectivity index (χ3n) is 19.5. The van der Waals surface area contributed by atoms with Crippen molar-refractivity contribution in [2.45, 2.75) is 58.3 Å². The third-order valence-corrected chi connectivity index (χ3v) is 19.5. The fraction of sp³-hybridized carbons (Fsp3) is 0.0968. The number of nitrogens with zero attached hydrogens (tertiary/aromatic N) is 4. The van der Waals surface area contributed by atoms with Gasteiger partial charge in [0.2, 0.25) is 0 Å². The molecule has 2 aliphatic rings. The van der Waals surface area contributed by atoms with Gasteiger partial charge in [-0.2, -0.15) is 0 Å². The topological polar surface area (TPSA) is 29.5 Å². The first kappa shape index (κ1) is 39.8. The number of hydrogen-bond acceptors (Lipinski definition) is 3. The van der Waals surface area contributed by atoms with Crippen molar-refractivity contribution in [2.75, 3.05) is 9.80 Å². The van der Waals surface area contributed by atoms with Crippen LogP contribution in [0.25, 0.3) is 121 Å². The minimum absolute atomic E-state index is 0.104. The van der Waals surface area contributed by atoms with Gasteiger partial charge in [0, 0.05) is 49.5 Å². The second-order valence-electron chi connectivity index (χ2n) is 27.3. The minimum Gasteiger partial charge on any atom is -0.452 e.